The number of amides is 2. The molecule has 0 radical (unpaired) electrons. The van der Waals surface area contributed by atoms with E-state index in [2.05, 4.69) is 10.6 Å². The van der Waals surface area contributed by atoms with Gasteiger partial charge >= 0.3 is 6.09 Å². The number of nitrogens with two attached hydrogens (primary N) is 1. The summed E-state index contributed by atoms with van der Waals surface area (Å²) in [6.07, 6.45) is -0.784. The van der Waals surface area contributed by atoms with Crippen molar-refractivity contribution in [2.45, 2.75) is 26.4 Å². The van der Waals surface area contributed by atoms with Crippen LogP contribution >= 0.6 is 11.6 Å². The average Bonchev–Trinajstić information content (AvgIpc) is 2.24. The van der Waals surface area contributed by atoms with Crippen LogP contribution in [0.1, 0.15) is 20.8 Å². The van der Waals surface area contributed by atoms with Crippen LogP contribution in [0, 0.1) is 0 Å². The molecular weight excluding hydrogens is 282 g/mol. The Morgan fingerprint density at radius 3 is 2.55 bits per heavy atom. The molecule has 0 saturated carbocycles. The number of imide groups is 1. The van der Waals surface area contributed by atoms with E-state index in [4.69, 9.17) is 22.1 Å². The third-order valence-corrected chi connectivity index (χ3v) is 2.33. The number of alkyl carbamates (subject to hydrolysis) is 1. The van der Waals surface area contributed by atoms with E-state index in [-0.39, 0.29) is 6.54 Å². The van der Waals surface area contributed by atoms with Crippen LogP contribution in [0.5, 0.6) is 0 Å². The Bertz CT molecular complexity index is 512. The quantitative estimate of drug-likeness (QED) is 0.745. The number of nitrogen functional groups attached to an aromatic ring is 1. The fourth-order valence-electron chi connectivity index (χ4n) is 1.33. The predicted octanol–water partition coefficient (Wildman–Crippen LogP) is 2.39. The largest absolute Gasteiger partial charge is 0.444 e. The first-order valence-corrected chi connectivity index (χ1v) is 6.37. The first kappa shape index (κ1) is 16.1. The van der Waals surface area contributed by atoms with Gasteiger partial charge in [0.05, 0.1) is 17.9 Å². The van der Waals surface area contributed by atoms with Gasteiger partial charge in [-0.3, -0.25) is 10.1 Å². The molecule has 0 unspecified atom stereocenters. The Kier molecular flexibility index (Phi) is 5.21. The molecule has 0 aliphatic rings. The van der Waals surface area contributed by atoms with E-state index in [9.17, 15) is 9.59 Å². The summed E-state index contributed by atoms with van der Waals surface area (Å²) in [7, 11) is 0. The summed E-state index contributed by atoms with van der Waals surface area (Å²) in [5.74, 6) is -0.520. The van der Waals surface area contributed by atoms with Crippen LogP contribution in [0.3, 0.4) is 0 Å². The van der Waals surface area contributed by atoms with Gasteiger partial charge < -0.3 is 15.8 Å². The van der Waals surface area contributed by atoms with Gasteiger partial charge in [0.1, 0.15) is 5.60 Å². The van der Waals surface area contributed by atoms with Gasteiger partial charge in [0.15, 0.2) is 0 Å². The van der Waals surface area contributed by atoms with Crippen LogP contribution in [0.2, 0.25) is 5.02 Å². The molecule has 2 amide bonds. The lowest BCUT2D eigenvalue weighted by Gasteiger charge is -2.19. The van der Waals surface area contributed by atoms with E-state index in [1.807, 2.05) is 0 Å². The normalized spacial score (nSPS) is 10.8. The Morgan fingerprint density at radius 2 is 2.00 bits per heavy atom. The van der Waals surface area contributed by atoms with Crippen LogP contribution in [-0.2, 0) is 9.53 Å². The van der Waals surface area contributed by atoms with Gasteiger partial charge in [0.2, 0.25) is 5.91 Å². The molecule has 0 fully saturated rings. The van der Waals surface area contributed by atoms with Crippen molar-refractivity contribution < 1.29 is 14.3 Å². The van der Waals surface area contributed by atoms with E-state index in [1.54, 1.807) is 39.0 Å². The van der Waals surface area contributed by atoms with E-state index in [0.717, 1.165) is 0 Å². The molecule has 0 aromatic heterocycles. The molecule has 0 aliphatic carbocycles. The summed E-state index contributed by atoms with van der Waals surface area (Å²) in [4.78, 5) is 22.9. The van der Waals surface area contributed by atoms with E-state index in [1.165, 1.54) is 0 Å². The van der Waals surface area contributed by atoms with Crippen molar-refractivity contribution in [1.82, 2.24) is 5.32 Å². The predicted molar refractivity (Wildman–Crippen MR) is 78.7 cm³/mol. The van der Waals surface area contributed by atoms with Crippen molar-refractivity contribution in [3.8, 4) is 0 Å². The number of benzene rings is 1. The fraction of sp³-hybridized carbons (Fsp3) is 0.385. The van der Waals surface area contributed by atoms with Crippen LogP contribution in [0.25, 0.3) is 0 Å². The molecule has 1 aromatic rings. The minimum absolute atomic E-state index is 0.106. The lowest BCUT2D eigenvalue weighted by Crippen LogP contribution is -2.39. The molecule has 0 aliphatic heterocycles. The van der Waals surface area contributed by atoms with Gasteiger partial charge in [-0.2, -0.15) is 0 Å². The number of hydrogen-bond acceptors (Lipinski definition) is 5. The second kappa shape index (κ2) is 6.47. The summed E-state index contributed by atoms with van der Waals surface area (Å²) < 4.78 is 4.96. The summed E-state index contributed by atoms with van der Waals surface area (Å²) in [6.45, 7) is 5.03. The van der Waals surface area contributed by atoms with Crippen molar-refractivity contribution in [3.05, 3.63) is 23.2 Å². The Balaban J connectivity index is 2.46. The zero-order chi connectivity index (χ0) is 15.3. The van der Waals surface area contributed by atoms with Gasteiger partial charge in [0, 0.05) is 5.02 Å². The van der Waals surface area contributed by atoms with Crippen molar-refractivity contribution in [2.75, 3.05) is 17.6 Å². The molecule has 0 bridgehead atoms. The minimum atomic E-state index is -0.784. The number of carbonyl (C=O) groups is 2. The highest BCUT2D eigenvalue weighted by Crippen LogP contribution is 2.22. The maximum atomic E-state index is 11.5. The number of rotatable bonds is 3. The van der Waals surface area contributed by atoms with Crippen LogP contribution in [0.15, 0.2) is 18.2 Å². The highest BCUT2D eigenvalue weighted by Gasteiger charge is 2.17. The monoisotopic (exact) mass is 299 g/mol. The zero-order valence-corrected chi connectivity index (χ0v) is 12.4. The van der Waals surface area contributed by atoms with E-state index >= 15 is 0 Å². The molecule has 7 heteroatoms. The number of carbonyl (C=O) groups excluding carboxylic acids is 2. The zero-order valence-electron chi connectivity index (χ0n) is 11.6. The maximum absolute atomic E-state index is 11.5. The lowest BCUT2D eigenvalue weighted by atomic mass is 10.2. The summed E-state index contributed by atoms with van der Waals surface area (Å²) in [5.41, 5.74) is 6.05. The third kappa shape index (κ3) is 5.79. The molecule has 4 N–H and O–H groups in total. The molecule has 0 heterocycles. The topological polar surface area (TPSA) is 93.4 Å². The van der Waals surface area contributed by atoms with Crippen molar-refractivity contribution in [2.24, 2.45) is 0 Å². The second-order valence-corrected chi connectivity index (χ2v) is 5.57. The van der Waals surface area contributed by atoms with Gasteiger partial charge in [-0.1, -0.05) is 11.6 Å². The number of nitrogens with one attached hydrogen (secondary N) is 2. The van der Waals surface area contributed by atoms with Crippen LogP contribution < -0.4 is 16.4 Å². The van der Waals surface area contributed by atoms with E-state index in [0.29, 0.717) is 16.4 Å². The van der Waals surface area contributed by atoms with Crippen molar-refractivity contribution in [3.63, 3.8) is 0 Å². The minimum Gasteiger partial charge on any atom is -0.444 e. The standard InChI is InChI=1S/C13H18ClN3O3/c1-13(2,3)20-12(19)17-11(18)7-16-10-5-4-8(14)6-9(10)15/h4-6,16H,7,15H2,1-3H3,(H,17,18,19). The van der Waals surface area contributed by atoms with Gasteiger partial charge in [-0.25, -0.2) is 4.79 Å². The Hall–Kier alpha value is -1.95. The number of halogens is 1. The van der Waals surface area contributed by atoms with E-state index < -0.39 is 17.6 Å². The van der Waals surface area contributed by atoms with Crippen molar-refractivity contribution >= 4 is 35.0 Å². The first-order chi connectivity index (χ1) is 9.17. The molecule has 1 rings (SSSR count). The molecule has 0 saturated heterocycles. The van der Waals surface area contributed by atoms with Gasteiger partial charge in [-0.05, 0) is 39.0 Å². The lowest BCUT2D eigenvalue weighted by molar-refractivity contribution is -0.119. The summed E-state index contributed by atoms with van der Waals surface area (Å²) in [5, 5.41) is 5.42. The summed E-state index contributed by atoms with van der Waals surface area (Å²) >= 11 is 5.76. The number of hydrogen-bond donors (Lipinski definition) is 3. The third-order valence-electron chi connectivity index (χ3n) is 2.09. The highest BCUT2D eigenvalue weighted by molar-refractivity contribution is 6.31. The number of anilines is 2. The molecule has 0 atom stereocenters. The van der Waals surface area contributed by atoms with Crippen LogP contribution in [0.4, 0.5) is 16.2 Å². The fourth-order valence-corrected chi connectivity index (χ4v) is 1.51. The molecule has 6 nitrogen and oxygen atoms in total. The molecular formula is C13H18ClN3O3. The summed E-state index contributed by atoms with van der Waals surface area (Å²) in [6, 6.07) is 4.86. The number of ether oxygens (including phenoxy) is 1. The average molecular weight is 300 g/mol. The van der Waals surface area contributed by atoms with Crippen molar-refractivity contribution in [1.29, 1.82) is 0 Å². The van der Waals surface area contributed by atoms with Crippen LogP contribution in [-0.4, -0.2) is 24.1 Å². The smallest absolute Gasteiger partial charge is 0.414 e. The molecule has 1 aromatic carbocycles. The van der Waals surface area contributed by atoms with Gasteiger partial charge in [-0.15, -0.1) is 0 Å². The molecule has 110 valence electrons. The van der Waals surface area contributed by atoms with Gasteiger partial charge in [0.25, 0.3) is 0 Å². The maximum Gasteiger partial charge on any atom is 0.414 e. The molecule has 20 heavy (non-hydrogen) atoms. The first-order valence-electron chi connectivity index (χ1n) is 5.99. The second-order valence-electron chi connectivity index (χ2n) is 5.14. The highest BCUT2D eigenvalue weighted by atomic mass is 35.5. The Morgan fingerprint density at radius 1 is 1.35 bits per heavy atom. The molecule has 0 spiro atoms. The Labute approximate surface area is 122 Å². The SMILES string of the molecule is CC(C)(C)OC(=O)NC(=O)CNc1ccc(Cl)cc1N.